The Kier molecular flexibility index (Phi) is 5.26. The predicted molar refractivity (Wildman–Crippen MR) is 94.4 cm³/mol. The number of ether oxygens (including phenoxy) is 1. The molecule has 4 nitrogen and oxygen atoms in total. The van der Waals surface area contributed by atoms with Gasteiger partial charge in [0, 0.05) is 23.6 Å². The Bertz CT molecular complexity index is 870. The number of hydrogen-bond donors (Lipinski definition) is 1. The molecule has 0 aliphatic rings. The molecule has 0 fully saturated rings. The molecular formula is C19H14ClFN2O2. The summed E-state index contributed by atoms with van der Waals surface area (Å²) in [5.41, 5.74) is 1.89. The zero-order valence-electron chi connectivity index (χ0n) is 13.1. The van der Waals surface area contributed by atoms with Crippen molar-refractivity contribution >= 4 is 23.2 Å². The van der Waals surface area contributed by atoms with E-state index in [4.69, 9.17) is 16.3 Å². The fraction of sp³-hybridized carbons (Fsp3) is 0.0526. The molecule has 25 heavy (non-hydrogen) atoms. The molecule has 0 atom stereocenters. The third kappa shape index (κ3) is 4.55. The van der Waals surface area contributed by atoms with Gasteiger partial charge in [0.25, 0.3) is 5.91 Å². The summed E-state index contributed by atoms with van der Waals surface area (Å²) in [4.78, 5) is 16.0. The molecule has 0 spiro atoms. The molecular weight excluding hydrogens is 343 g/mol. The van der Waals surface area contributed by atoms with Gasteiger partial charge in [0.2, 0.25) is 0 Å². The normalized spacial score (nSPS) is 10.3. The summed E-state index contributed by atoms with van der Waals surface area (Å²) in [7, 11) is 0. The van der Waals surface area contributed by atoms with Crippen molar-refractivity contribution in [2.24, 2.45) is 0 Å². The quantitative estimate of drug-likeness (QED) is 0.720. The number of hydrogen-bond acceptors (Lipinski definition) is 3. The molecule has 2 aromatic carbocycles. The highest BCUT2D eigenvalue weighted by Gasteiger charge is 2.08. The first kappa shape index (κ1) is 16.9. The minimum atomic E-state index is -0.295. The van der Waals surface area contributed by atoms with Gasteiger partial charge in [-0.25, -0.2) is 4.39 Å². The van der Waals surface area contributed by atoms with Crippen molar-refractivity contribution in [3.05, 3.63) is 89.0 Å². The number of nitrogens with zero attached hydrogens (tertiary/aromatic N) is 1. The number of aromatic nitrogens is 1. The van der Waals surface area contributed by atoms with Crippen molar-refractivity contribution < 1.29 is 13.9 Å². The Balaban J connectivity index is 1.64. The lowest BCUT2D eigenvalue weighted by molar-refractivity contribution is 0.102. The molecule has 0 aliphatic carbocycles. The predicted octanol–water partition coefficient (Wildman–Crippen LogP) is 4.71. The zero-order chi connectivity index (χ0) is 17.6. The highest BCUT2D eigenvalue weighted by atomic mass is 35.5. The summed E-state index contributed by atoms with van der Waals surface area (Å²) >= 11 is 6.20. The van der Waals surface area contributed by atoms with E-state index in [2.05, 4.69) is 10.3 Å². The number of pyridine rings is 1. The molecule has 0 bridgehead atoms. The first-order valence-corrected chi connectivity index (χ1v) is 7.88. The van der Waals surface area contributed by atoms with E-state index in [9.17, 15) is 9.18 Å². The van der Waals surface area contributed by atoms with Gasteiger partial charge in [-0.3, -0.25) is 9.78 Å². The van der Waals surface area contributed by atoms with Crippen LogP contribution in [-0.4, -0.2) is 10.9 Å². The molecule has 0 saturated carbocycles. The number of carbonyl (C=O) groups is 1. The average molecular weight is 357 g/mol. The van der Waals surface area contributed by atoms with Crippen molar-refractivity contribution in [1.82, 2.24) is 4.98 Å². The summed E-state index contributed by atoms with van der Waals surface area (Å²) in [5, 5.41) is 3.13. The molecule has 0 unspecified atom stereocenters. The van der Waals surface area contributed by atoms with E-state index in [1.807, 2.05) is 0 Å². The maximum absolute atomic E-state index is 12.9. The van der Waals surface area contributed by atoms with Gasteiger partial charge in [-0.2, -0.15) is 0 Å². The van der Waals surface area contributed by atoms with Crippen molar-refractivity contribution in [2.45, 2.75) is 6.61 Å². The van der Waals surface area contributed by atoms with Crippen LogP contribution in [0.2, 0.25) is 5.02 Å². The van der Waals surface area contributed by atoms with Crippen molar-refractivity contribution in [1.29, 1.82) is 0 Å². The van der Waals surface area contributed by atoms with Crippen LogP contribution in [0.15, 0.2) is 67.0 Å². The minimum absolute atomic E-state index is 0.251. The van der Waals surface area contributed by atoms with Gasteiger partial charge in [-0.1, -0.05) is 23.7 Å². The molecule has 3 aromatic rings. The van der Waals surface area contributed by atoms with Crippen LogP contribution in [0.3, 0.4) is 0 Å². The van der Waals surface area contributed by atoms with Crippen LogP contribution in [0.5, 0.6) is 5.75 Å². The molecule has 1 heterocycles. The van der Waals surface area contributed by atoms with E-state index < -0.39 is 0 Å². The standard InChI is InChI=1S/C19H14ClFN2O2/c20-17-11-16(23-19(24)14-7-9-22-10-8-14)5-6-18(17)25-12-13-1-3-15(21)4-2-13/h1-11H,12H2,(H,23,24). The van der Waals surface area contributed by atoms with E-state index in [0.717, 1.165) is 5.56 Å². The first-order chi connectivity index (χ1) is 12.1. The minimum Gasteiger partial charge on any atom is -0.487 e. The number of anilines is 1. The van der Waals surface area contributed by atoms with Gasteiger partial charge in [0.15, 0.2) is 0 Å². The fourth-order valence-electron chi connectivity index (χ4n) is 2.14. The number of carbonyl (C=O) groups excluding carboxylic acids is 1. The molecule has 3 rings (SSSR count). The van der Waals surface area contributed by atoms with Crippen molar-refractivity contribution in [3.63, 3.8) is 0 Å². The van der Waals surface area contributed by atoms with E-state index >= 15 is 0 Å². The zero-order valence-corrected chi connectivity index (χ0v) is 13.8. The lowest BCUT2D eigenvalue weighted by Crippen LogP contribution is -2.11. The highest BCUT2D eigenvalue weighted by molar-refractivity contribution is 6.32. The smallest absolute Gasteiger partial charge is 0.255 e. The van der Waals surface area contributed by atoms with Crippen molar-refractivity contribution in [3.8, 4) is 5.75 Å². The third-order valence-corrected chi connectivity index (χ3v) is 3.74. The van der Waals surface area contributed by atoms with Gasteiger partial charge < -0.3 is 10.1 Å². The number of rotatable bonds is 5. The Hall–Kier alpha value is -2.92. The number of halogens is 2. The molecule has 1 N–H and O–H groups in total. The van der Waals surface area contributed by atoms with Gasteiger partial charge in [0.1, 0.15) is 18.2 Å². The third-order valence-electron chi connectivity index (χ3n) is 3.44. The lowest BCUT2D eigenvalue weighted by Gasteiger charge is -2.10. The van der Waals surface area contributed by atoms with Gasteiger partial charge in [-0.05, 0) is 48.0 Å². The Morgan fingerprint density at radius 2 is 1.80 bits per heavy atom. The van der Waals surface area contributed by atoms with Crippen LogP contribution in [0.25, 0.3) is 0 Å². The van der Waals surface area contributed by atoms with Crippen LogP contribution < -0.4 is 10.1 Å². The van der Waals surface area contributed by atoms with E-state index in [1.54, 1.807) is 54.9 Å². The molecule has 1 aromatic heterocycles. The number of amides is 1. The van der Waals surface area contributed by atoms with E-state index in [0.29, 0.717) is 22.0 Å². The van der Waals surface area contributed by atoms with E-state index in [-0.39, 0.29) is 18.3 Å². The summed E-state index contributed by atoms with van der Waals surface area (Å²) < 4.78 is 18.5. The van der Waals surface area contributed by atoms with Crippen LogP contribution in [0.4, 0.5) is 10.1 Å². The second-order valence-electron chi connectivity index (χ2n) is 5.25. The van der Waals surface area contributed by atoms with Crippen LogP contribution in [0, 0.1) is 5.82 Å². The van der Waals surface area contributed by atoms with Crippen LogP contribution in [0.1, 0.15) is 15.9 Å². The lowest BCUT2D eigenvalue weighted by atomic mass is 10.2. The van der Waals surface area contributed by atoms with Gasteiger partial charge >= 0.3 is 0 Å². The highest BCUT2D eigenvalue weighted by Crippen LogP contribution is 2.28. The summed E-state index contributed by atoms with van der Waals surface area (Å²) in [6.07, 6.45) is 3.10. The molecule has 1 amide bonds. The second kappa shape index (κ2) is 7.77. The fourth-order valence-corrected chi connectivity index (χ4v) is 2.38. The van der Waals surface area contributed by atoms with E-state index in [1.165, 1.54) is 12.1 Å². The number of nitrogens with one attached hydrogen (secondary N) is 1. The second-order valence-corrected chi connectivity index (χ2v) is 5.66. The topological polar surface area (TPSA) is 51.2 Å². The van der Waals surface area contributed by atoms with Crippen molar-refractivity contribution in [2.75, 3.05) is 5.32 Å². The maximum Gasteiger partial charge on any atom is 0.255 e. The Labute approximate surface area is 149 Å². The molecule has 0 radical (unpaired) electrons. The molecule has 0 saturated heterocycles. The number of benzene rings is 2. The molecule has 6 heteroatoms. The van der Waals surface area contributed by atoms with Crippen LogP contribution >= 0.6 is 11.6 Å². The summed E-state index contributed by atoms with van der Waals surface area (Å²) in [6, 6.07) is 14.3. The summed E-state index contributed by atoms with van der Waals surface area (Å²) in [5.74, 6) is -0.0672. The Morgan fingerprint density at radius 3 is 2.48 bits per heavy atom. The van der Waals surface area contributed by atoms with Crippen LogP contribution in [-0.2, 0) is 6.61 Å². The monoisotopic (exact) mass is 356 g/mol. The van der Waals surface area contributed by atoms with Gasteiger partial charge in [0.05, 0.1) is 5.02 Å². The summed E-state index contributed by atoms with van der Waals surface area (Å²) in [6.45, 7) is 0.267. The van der Waals surface area contributed by atoms with Gasteiger partial charge in [-0.15, -0.1) is 0 Å². The first-order valence-electron chi connectivity index (χ1n) is 7.50. The molecule has 126 valence electrons. The largest absolute Gasteiger partial charge is 0.487 e. The maximum atomic E-state index is 12.9. The molecule has 0 aliphatic heterocycles. The Morgan fingerprint density at radius 1 is 1.08 bits per heavy atom. The SMILES string of the molecule is O=C(Nc1ccc(OCc2ccc(F)cc2)c(Cl)c1)c1ccncc1. The average Bonchev–Trinajstić information content (AvgIpc) is 2.63.